The lowest BCUT2D eigenvalue weighted by Crippen LogP contribution is -2.25. The van der Waals surface area contributed by atoms with Crippen LogP contribution in [0.3, 0.4) is 0 Å². The third-order valence-corrected chi connectivity index (χ3v) is 4.72. The molecule has 22 heavy (non-hydrogen) atoms. The van der Waals surface area contributed by atoms with E-state index in [-0.39, 0.29) is 11.4 Å². The Morgan fingerprint density at radius 3 is 2.64 bits per heavy atom. The molecule has 0 radical (unpaired) electrons. The monoisotopic (exact) mass is 318 g/mol. The van der Waals surface area contributed by atoms with Crippen LogP contribution in [-0.2, 0) is 16.4 Å². The maximum Gasteiger partial charge on any atom is 0.417 e. The zero-order valence-electron chi connectivity index (χ0n) is 11.6. The summed E-state index contributed by atoms with van der Waals surface area (Å²) < 4.78 is 31.6. The summed E-state index contributed by atoms with van der Waals surface area (Å²) in [4.78, 5) is 13.9. The summed E-state index contributed by atoms with van der Waals surface area (Å²) in [7, 11) is -3.50. The number of hydrogen-bond acceptors (Lipinski definition) is 4. The second-order valence-electron chi connectivity index (χ2n) is 4.81. The number of H-pyrrole nitrogens is 1. The lowest BCUT2D eigenvalue weighted by molar-refractivity contribution is 0.555. The van der Waals surface area contributed by atoms with Crippen molar-refractivity contribution in [3.05, 3.63) is 64.6 Å². The minimum absolute atomic E-state index is 0.238. The third kappa shape index (κ3) is 3.10. The fourth-order valence-corrected chi connectivity index (χ4v) is 3.21. The first-order chi connectivity index (χ1) is 10.5. The van der Waals surface area contributed by atoms with E-state index in [1.54, 1.807) is 42.5 Å². The Labute approximate surface area is 126 Å². The van der Waals surface area contributed by atoms with Gasteiger partial charge in [0.25, 0.3) is 0 Å². The number of benzene rings is 2. The largest absolute Gasteiger partial charge is 0.417 e. The lowest BCUT2D eigenvalue weighted by Gasteiger charge is -2.06. The molecule has 2 aromatic carbocycles. The maximum absolute atomic E-state index is 12.1. The molecule has 0 atom stereocenters. The summed E-state index contributed by atoms with van der Waals surface area (Å²) in [6.45, 7) is 0.261. The smallest absolute Gasteiger partial charge is 0.408 e. The quantitative estimate of drug-likeness (QED) is 0.748. The van der Waals surface area contributed by atoms with Gasteiger partial charge in [-0.3, -0.25) is 4.98 Å². The van der Waals surface area contributed by atoms with Crippen LogP contribution in [0.2, 0.25) is 0 Å². The minimum atomic E-state index is -3.50. The van der Waals surface area contributed by atoms with E-state index in [0.717, 1.165) is 5.56 Å². The van der Waals surface area contributed by atoms with Crippen LogP contribution in [0.4, 0.5) is 0 Å². The van der Waals surface area contributed by atoms with Crippen LogP contribution in [0.1, 0.15) is 5.56 Å². The van der Waals surface area contributed by atoms with Gasteiger partial charge < -0.3 is 4.42 Å². The van der Waals surface area contributed by atoms with E-state index >= 15 is 0 Å². The van der Waals surface area contributed by atoms with E-state index in [0.29, 0.717) is 17.5 Å². The van der Waals surface area contributed by atoms with Gasteiger partial charge in [-0.05, 0) is 36.2 Å². The zero-order chi connectivity index (χ0) is 15.6. The Balaban J connectivity index is 1.68. The van der Waals surface area contributed by atoms with Crippen LogP contribution in [0, 0.1) is 0 Å². The van der Waals surface area contributed by atoms with E-state index in [1.165, 1.54) is 0 Å². The van der Waals surface area contributed by atoms with Crippen LogP contribution in [-0.4, -0.2) is 19.9 Å². The molecule has 3 aromatic rings. The molecule has 0 bridgehead atoms. The van der Waals surface area contributed by atoms with Crippen molar-refractivity contribution < 1.29 is 12.8 Å². The predicted molar refractivity (Wildman–Crippen MR) is 82.2 cm³/mol. The van der Waals surface area contributed by atoms with Crippen molar-refractivity contribution in [2.24, 2.45) is 0 Å². The van der Waals surface area contributed by atoms with Crippen molar-refractivity contribution in [1.29, 1.82) is 0 Å². The molecule has 114 valence electrons. The van der Waals surface area contributed by atoms with Gasteiger partial charge in [0.1, 0.15) is 0 Å². The first-order valence-corrected chi connectivity index (χ1v) is 8.19. The predicted octanol–water partition coefficient (Wildman–Crippen LogP) is 1.64. The average molecular weight is 318 g/mol. The summed E-state index contributed by atoms with van der Waals surface area (Å²) in [6.07, 6.45) is 0.497. The van der Waals surface area contributed by atoms with E-state index in [9.17, 15) is 13.2 Å². The van der Waals surface area contributed by atoms with Gasteiger partial charge in [0, 0.05) is 6.54 Å². The number of aromatic nitrogens is 1. The molecule has 0 saturated heterocycles. The van der Waals surface area contributed by atoms with Gasteiger partial charge in [0.15, 0.2) is 5.58 Å². The Bertz CT molecular complexity index is 942. The van der Waals surface area contributed by atoms with Crippen LogP contribution in [0.25, 0.3) is 11.1 Å². The van der Waals surface area contributed by atoms with Gasteiger partial charge in [-0.15, -0.1) is 0 Å². The van der Waals surface area contributed by atoms with E-state index in [2.05, 4.69) is 9.71 Å². The van der Waals surface area contributed by atoms with Gasteiger partial charge in [-0.2, -0.15) is 0 Å². The van der Waals surface area contributed by atoms with Crippen molar-refractivity contribution in [3.63, 3.8) is 0 Å². The zero-order valence-corrected chi connectivity index (χ0v) is 12.4. The second kappa shape index (κ2) is 5.78. The molecular formula is C15H14N2O4S. The van der Waals surface area contributed by atoms with Gasteiger partial charge in [-0.25, -0.2) is 17.9 Å². The van der Waals surface area contributed by atoms with Crippen molar-refractivity contribution in [1.82, 2.24) is 9.71 Å². The molecule has 1 aromatic heterocycles. The Morgan fingerprint density at radius 1 is 1.09 bits per heavy atom. The minimum Gasteiger partial charge on any atom is -0.408 e. The third-order valence-electron chi connectivity index (χ3n) is 3.24. The molecule has 0 amide bonds. The van der Waals surface area contributed by atoms with Gasteiger partial charge in [0.2, 0.25) is 10.0 Å². The first kappa shape index (κ1) is 14.6. The van der Waals surface area contributed by atoms with Gasteiger partial charge in [0.05, 0.1) is 10.4 Å². The van der Waals surface area contributed by atoms with Crippen LogP contribution >= 0.6 is 0 Å². The summed E-state index contributed by atoms with van der Waals surface area (Å²) in [5.74, 6) is -0.503. The van der Waals surface area contributed by atoms with Crippen LogP contribution in [0.5, 0.6) is 0 Å². The number of fused-ring (bicyclic) bond motifs is 1. The van der Waals surface area contributed by atoms with E-state index < -0.39 is 15.8 Å². The van der Waals surface area contributed by atoms with E-state index in [1.807, 2.05) is 6.07 Å². The highest BCUT2D eigenvalue weighted by Crippen LogP contribution is 2.13. The molecule has 0 aliphatic rings. The SMILES string of the molecule is O=c1[nH]c2ccc(CCNS(=O)(=O)c3ccccc3)cc2o1. The fraction of sp³-hybridized carbons (Fsp3) is 0.133. The Hall–Kier alpha value is -2.38. The highest BCUT2D eigenvalue weighted by atomic mass is 32.2. The molecular weight excluding hydrogens is 304 g/mol. The Kier molecular flexibility index (Phi) is 3.82. The van der Waals surface area contributed by atoms with Gasteiger partial charge in [-0.1, -0.05) is 24.3 Å². The van der Waals surface area contributed by atoms with Crippen molar-refractivity contribution >= 4 is 21.1 Å². The summed E-state index contributed by atoms with van der Waals surface area (Å²) in [5.41, 5.74) is 1.97. The number of oxazole rings is 1. The molecule has 0 spiro atoms. The highest BCUT2D eigenvalue weighted by Gasteiger charge is 2.12. The molecule has 0 fully saturated rings. The summed E-state index contributed by atoms with van der Waals surface area (Å²) in [5, 5.41) is 0. The number of aromatic amines is 1. The van der Waals surface area contributed by atoms with Crippen molar-refractivity contribution in [2.75, 3.05) is 6.54 Å². The Morgan fingerprint density at radius 2 is 1.86 bits per heavy atom. The highest BCUT2D eigenvalue weighted by molar-refractivity contribution is 7.89. The summed E-state index contributed by atoms with van der Waals surface area (Å²) in [6, 6.07) is 13.5. The van der Waals surface area contributed by atoms with Crippen LogP contribution in [0.15, 0.2) is 62.6 Å². The van der Waals surface area contributed by atoms with Crippen molar-refractivity contribution in [2.45, 2.75) is 11.3 Å². The number of hydrogen-bond donors (Lipinski definition) is 2. The van der Waals surface area contributed by atoms with E-state index in [4.69, 9.17) is 4.42 Å². The molecule has 2 N–H and O–H groups in total. The second-order valence-corrected chi connectivity index (χ2v) is 6.57. The normalized spacial score (nSPS) is 11.8. The first-order valence-electron chi connectivity index (χ1n) is 6.71. The maximum atomic E-state index is 12.1. The standard InChI is InChI=1S/C15H14N2O4S/c18-15-17-13-7-6-11(10-14(13)21-15)8-9-16-22(19,20)12-4-2-1-3-5-12/h1-7,10,16H,8-9H2,(H,17,18). The lowest BCUT2D eigenvalue weighted by atomic mass is 10.1. The fourth-order valence-electron chi connectivity index (χ4n) is 2.16. The topological polar surface area (TPSA) is 92.2 Å². The van der Waals surface area contributed by atoms with Crippen molar-refractivity contribution in [3.8, 4) is 0 Å². The molecule has 0 aliphatic carbocycles. The molecule has 0 aliphatic heterocycles. The number of rotatable bonds is 5. The molecule has 3 rings (SSSR count). The van der Waals surface area contributed by atoms with Gasteiger partial charge >= 0.3 is 5.76 Å². The molecule has 1 heterocycles. The number of nitrogens with one attached hydrogen (secondary N) is 2. The molecule has 0 unspecified atom stereocenters. The molecule has 7 heteroatoms. The molecule has 6 nitrogen and oxygen atoms in total. The van der Waals surface area contributed by atoms with Crippen LogP contribution < -0.4 is 10.5 Å². The average Bonchev–Trinajstić information content (AvgIpc) is 2.87. The number of sulfonamides is 1. The molecule has 0 saturated carbocycles. The summed E-state index contributed by atoms with van der Waals surface area (Å²) >= 11 is 0.